The molecule has 4 heterocycles. The van der Waals surface area contributed by atoms with Crippen molar-refractivity contribution in [3.63, 3.8) is 0 Å². The van der Waals surface area contributed by atoms with Crippen LogP contribution in [0, 0.1) is 0 Å². The first-order chi connectivity index (χ1) is 26.3. The number of likely N-dealkylation sites (tertiary alicyclic amines) is 2. The summed E-state index contributed by atoms with van der Waals surface area (Å²) in [5, 5.41) is 2.67. The Morgan fingerprint density at radius 1 is 0.929 bits per heavy atom. The van der Waals surface area contributed by atoms with Crippen molar-refractivity contribution in [3.05, 3.63) is 58.1 Å². The summed E-state index contributed by atoms with van der Waals surface area (Å²) in [6, 6.07) is 9.74. The van der Waals surface area contributed by atoms with Crippen molar-refractivity contribution in [2.75, 3.05) is 83.1 Å². The van der Waals surface area contributed by atoms with E-state index in [1.165, 1.54) is 11.0 Å². The molecule has 0 aliphatic carbocycles. The molecule has 308 valence electrons. The summed E-state index contributed by atoms with van der Waals surface area (Å²) in [5.74, 6) is -0.744. The molecular formula is C38H50BrClF3N7O6. The number of hydrogen-bond donors (Lipinski definition) is 2. The van der Waals surface area contributed by atoms with E-state index in [-0.39, 0.29) is 77.7 Å². The number of piperazine rings is 1. The molecule has 6 rings (SSSR count). The third-order valence-electron chi connectivity index (χ3n) is 11.1. The molecule has 0 aromatic heterocycles. The van der Waals surface area contributed by atoms with E-state index >= 15 is 0 Å². The van der Waals surface area contributed by atoms with Crippen molar-refractivity contribution in [1.29, 1.82) is 0 Å². The fourth-order valence-corrected chi connectivity index (χ4v) is 8.30. The standard InChI is InChI=1S/C38H49ClF3N7O6.BrH/c1-2-54-33(50)24-45-12-8-27(9-13-45)46-17-19-47(20-18-46)35(51)32(23-25-21-29(38(40,41)42)34(43)30(39)22-25)55-37(53)48-14-10-28(11-15-48)49-16-7-26-5-3-4-6-31(26)44-36(49)52;/h3-6,21-22,27-28,32H,2,7-20,23-24,43H2,1H3,(H,44,52);1H/t32-;/m1./s1. The molecule has 18 heteroatoms. The molecule has 4 amide bonds. The lowest BCUT2D eigenvalue weighted by Crippen LogP contribution is -2.57. The number of carbonyl (C=O) groups excluding carboxylic acids is 4. The highest BCUT2D eigenvalue weighted by molar-refractivity contribution is 8.93. The van der Waals surface area contributed by atoms with Gasteiger partial charge >= 0.3 is 24.3 Å². The van der Waals surface area contributed by atoms with Crippen LogP contribution in [0.25, 0.3) is 0 Å². The molecule has 0 bridgehead atoms. The van der Waals surface area contributed by atoms with E-state index < -0.39 is 35.5 Å². The highest BCUT2D eigenvalue weighted by atomic mass is 79.9. The number of fused-ring (bicyclic) bond motifs is 1. The van der Waals surface area contributed by atoms with Gasteiger partial charge in [-0.3, -0.25) is 19.4 Å². The number of para-hydroxylation sites is 1. The fraction of sp³-hybridized carbons (Fsp3) is 0.579. The molecule has 4 aliphatic heterocycles. The molecule has 0 unspecified atom stereocenters. The van der Waals surface area contributed by atoms with Gasteiger partial charge in [0.05, 0.1) is 29.4 Å². The Kier molecular flexibility index (Phi) is 14.8. The topological polar surface area (TPSA) is 141 Å². The van der Waals surface area contributed by atoms with Crippen LogP contribution in [0.1, 0.15) is 49.3 Å². The number of carbonyl (C=O) groups is 4. The largest absolute Gasteiger partial charge is 0.465 e. The predicted molar refractivity (Wildman–Crippen MR) is 210 cm³/mol. The van der Waals surface area contributed by atoms with E-state index in [1.54, 1.807) is 16.7 Å². The number of rotatable bonds is 9. The van der Waals surface area contributed by atoms with Crippen LogP contribution in [0.2, 0.25) is 5.02 Å². The summed E-state index contributed by atoms with van der Waals surface area (Å²) in [4.78, 5) is 62.0. The first-order valence-electron chi connectivity index (χ1n) is 19.0. The quantitative estimate of drug-likeness (QED) is 0.254. The lowest BCUT2D eigenvalue weighted by Gasteiger charge is -2.43. The molecule has 4 aliphatic rings. The zero-order chi connectivity index (χ0) is 39.3. The predicted octanol–water partition coefficient (Wildman–Crippen LogP) is 5.29. The van der Waals surface area contributed by atoms with Gasteiger partial charge in [-0.1, -0.05) is 29.8 Å². The lowest BCUT2D eigenvalue weighted by atomic mass is 10.0. The summed E-state index contributed by atoms with van der Waals surface area (Å²) in [6.07, 6.45) is -3.90. The van der Waals surface area contributed by atoms with E-state index in [1.807, 2.05) is 24.3 Å². The van der Waals surface area contributed by atoms with E-state index in [0.717, 1.165) is 43.2 Å². The van der Waals surface area contributed by atoms with Gasteiger partial charge in [-0.25, -0.2) is 9.59 Å². The molecule has 56 heavy (non-hydrogen) atoms. The molecule has 2 aromatic carbocycles. The number of anilines is 2. The number of benzene rings is 2. The maximum Gasteiger partial charge on any atom is 0.418 e. The maximum absolute atomic E-state index is 14.1. The number of nitrogens with two attached hydrogens (primary N) is 1. The second kappa shape index (κ2) is 19.1. The molecule has 1 atom stereocenters. The van der Waals surface area contributed by atoms with Gasteiger partial charge in [-0.05, 0) is 68.4 Å². The first kappa shape index (κ1) is 43.3. The number of esters is 1. The van der Waals surface area contributed by atoms with E-state index in [0.29, 0.717) is 58.6 Å². The Balaban J connectivity index is 0.00000600. The first-order valence-corrected chi connectivity index (χ1v) is 19.4. The number of nitrogen functional groups attached to an aromatic ring is 1. The number of ether oxygens (including phenoxy) is 2. The van der Waals surface area contributed by atoms with Gasteiger partial charge in [-0.15, -0.1) is 17.0 Å². The highest BCUT2D eigenvalue weighted by Crippen LogP contribution is 2.38. The molecule has 0 radical (unpaired) electrons. The summed E-state index contributed by atoms with van der Waals surface area (Å²) < 4.78 is 52.5. The smallest absolute Gasteiger partial charge is 0.418 e. The van der Waals surface area contributed by atoms with Gasteiger partial charge in [-0.2, -0.15) is 13.2 Å². The number of alkyl halides is 3. The molecule has 3 saturated heterocycles. The fourth-order valence-electron chi connectivity index (χ4n) is 8.06. The Morgan fingerprint density at radius 2 is 1.59 bits per heavy atom. The molecule has 2 aromatic rings. The summed E-state index contributed by atoms with van der Waals surface area (Å²) in [6.45, 7) is 6.79. The average Bonchev–Trinajstić information content (AvgIpc) is 3.33. The van der Waals surface area contributed by atoms with Gasteiger partial charge in [0.15, 0.2) is 6.10 Å². The highest BCUT2D eigenvalue weighted by Gasteiger charge is 2.38. The minimum atomic E-state index is -4.79. The number of amides is 4. The third kappa shape index (κ3) is 10.6. The number of nitrogens with zero attached hydrogens (tertiary/aromatic N) is 5. The molecule has 0 spiro atoms. The van der Waals surface area contributed by atoms with E-state index in [4.69, 9.17) is 26.8 Å². The van der Waals surface area contributed by atoms with Crippen molar-refractivity contribution in [2.24, 2.45) is 0 Å². The van der Waals surface area contributed by atoms with Crippen LogP contribution < -0.4 is 11.1 Å². The Hall–Kier alpha value is -3.80. The number of hydrogen-bond acceptors (Lipinski definition) is 9. The van der Waals surface area contributed by atoms with Gasteiger partial charge in [0.25, 0.3) is 5.91 Å². The monoisotopic (exact) mass is 871 g/mol. The number of urea groups is 1. The van der Waals surface area contributed by atoms with Crippen molar-refractivity contribution in [1.82, 2.24) is 24.5 Å². The number of halogens is 5. The molecule has 13 nitrogen and oxygen atoms in total. The van der Waals surface area contributed by atoms with Crippen LogP contribution in [0.15, 0.2) is 36.4 Å². The zero-order valence-electron chi connectivity index (χ0n) is 31.4. The Labute approximate surface area is 340 Å². The summed E-state index contributed by atoms with van der Waals surface area (Å²) in [5.41, 5.74) is 5.81. The van der Waals surface area contributed by atoms with Crippen LogP contribution in [0.5, 0.6) is 0 Å². The normalized spacial score (nSPS) is 19.7. The van der Waals surface area contributed by atoms with Crippen LogP contribution in [0.4, 0.5) is 34.1 Å². The second-order valence-electron chi connectivity index (χ2n) is 14.5. The summed E-state index contributed by atoms with van der Waals surface area (Å²) >= 11 is 6.13. The molecular weight excluding hydrogens is 823 g/mol. The molecule has 3 N–H and O–H groups in total. The van der Waals surface area contributed by atoms with Crippen LogP contribution >= 0.6 is 28.6 Å². The van der Waals surface area contributed by atoms with Gasteiger partial charge in [0.1, 0.15) is 0 Å². The van der Waals surface area contributed by atoms with E-state index in [9.17, 15) is 32.3 Å². The summed E-state index contributed by atoms with van der Waals surface area (Å²) in [7, 11) is 0. The zero-order valence-corrected chi connectivity index (χ0v) is 33.9. The SMILES string of the molecule is Br.CCOC(=O)CN1CCC(N2CCN(C(=O)[C@@H](Cc3cc(Cl)c(N)c(C(F)(F)F)c3)OC(=O)N3CCC(N4CCc5ccccc5NC4=O)CC3)CC2)CC1. The van der Waals surface area contributed by atoms with Crippen molar-refractivity contribution >= 4 is 64.0 Å². The molecule has 3 fully saturated rings. The van der Waals surface area contributed by atoms with Gasteiger partial charge < -0.3 is 35.2 Å². The second-order valence-corrected chi connectivity index (χ2v) is 14.9. The van der Waals surface area contributed by atoms with Crippen LogP contribution in [-0.2, 0) is 38.1 Å². The van der Waals surface area contributed by atoms with Crippen molar-refractivity contribution < 1.29 is 41.8 Å². The van der Waals surface area contributed by atoms with Crippen molar-refractivity contribution in [3.8, 4) is 0 Å². The minimum Gasteiger partial charge on any atom is -0.465 e. The number of nitrogens with one attached hydrogen (secondary N) is 1. The Morgan fingerprint density at radius 3 is 2.25 bits per heavy atom. The van der Waals surface area contributed by atoms with Gasteiger partial charge in [0, 0.05) is 83.1 Å². The van der Waals surface area contributed by atoms with Crippen LogP contribution in [-0.4, -0.2) is 139 Å². The molecule has 0 saturated carbocycles. The van der Waals surface area contributed by atoms with Crippen molar-refractivity contribution in [2.45, 2.75) is 69.8 Å². The average molecular weight is 873 g/mol. The third-order valence-corrected chi connectivity index (χ3v) is 11.4. The Bertz CT molecular complexity index is 1720. The minimum absolute atomic E-state index is 0. The van der Waals surface area contributed by atoms with Gasteiger partial charge in [0.2, 0.25) is 0 Å². The van der Waals surface area contributed by atoms with E-state index in [2.05, 4.69) is 15.1 Å². The van der Waals surface area contributed by atoms with Crippen LogP contribution in [0.3, 0.4) is 0 Å². The maximum atomic E-state index is 14.1. The lowest BCUT2D eigenvalue weighted by molar-refractivity contribution is -0.145. The number of piperidine rings is 2.